The van der Waals surface area contributed by atoms with Gasteiger partial charge in [0, 0.05) is 13.1 Å². The normalized spacial score (nSPS) is 10.4. The minimum absolute atomic E-state index is 0.0192. The number of carbonyl (C=O) groups excluding carboxylic acids is 1. The van der Waals surface area contributed by atoms with Gasteiger partial charge in [-0.3, -0.25) is 20.3 Å². The number of nitrogens with zero attached hydrogens (tertiary/aromatic N) is 4. The molecule has 0 aliphatic heterocycles. The molecule has 0 unspecified atom stereocenters. The minimum Gasteiger partial charge on any atom is -0.352 e. The van der Waals surface area contributed by atoms with E-state index in [0.717, 1.165) is 0 Å². The number of rotatable bonds is 6. The Morgan fingerprint density at radius 1 is 1.48 bits per heavy atom. The first kappa shape index (κ1) is 16.6. The van der Waals surface area contributed by atoms with E-state index < -0.39 is 4.92 Å². The van der Waals surface area contributed by atoms with Gasteiger partial charge in [-0.2, -0.15) is 4.98 Å². The molecule has 10 heteroatoms. The van der Waals surface area contributed by atoms with Gasteiger partial charge in [0.15, 0.2) is 0 Å². The van der Waals surface area contributed by atoms with Gasteiger partial charge in [0.25, 0.3) is 0 Å². The number of carbonyl (C=O) groups is 1. The number of aryl methyl sites for hydroxylation is 1. The van der Waals surface area contributed by atoms with Crippen molar-refractivity contribution in [2.45, 2.75) is 26.8 Å². The molecule has 1 aromatic rings. The molecule has 1 amide bonds. The van der Waals surface area contributed by atoms with E-state index in [1.807, 2.05) is 13.8 Å². The van der Waals surface area contributed by atoms with E-state index in [2.05, 4.69) is 20.7 Å². The zero-order valence-electron chi connectivity index (χ0n) is 12.4. The minimum atomic E-state index is -0.582. The largest absolute Gasteiger partial charge is 0.352 e. The highest BCUT2D eigenvalue weighted by atomic mass is 16.6. The first-order valence-electron chi connectivity index (χ1n) is 6.26. The molecule has 21 heavy (non-hydrogen) atoms. The van der Waals surface area contributed by atoms with Crippen molar-refractivity contribution in [1.29, 1.82) is 0 Å². The Morgan fingerprint density at radius 2 is 2.10 bits per heavy atom. The number of hydrogen-bond donors (Lipinski definition) is 3. The second-order valence-electron chi connectivity index (χ2n) is 4.78. The lowest BCUT2D eigenvalue weighted by atomic mass is 10.3. The van der Waals surface area contributed by atoms with Crippen LogP contribution in [-0.4, -0.2) is 40.4 Å². The fourth-order valence-corrected chi connectivity index (χ4v) is 1.75. The summed E-state index contributed by atoms with van der Waals surface area (Å²) in [5.41, 5.74) is 2.15. The molecule has 0 aliphatic carbocycles. The van der Waals surface area contributed by atoms with Crippen molar-refractivity contribution in [3.63, 3.8) is 0 Å². The summed E-state index contributed by atoms with van der Waals surface area (Å²) in [4.78, 5) is 31.5. The SMILES string of the molecule is Cc1nc(NN)nc(N(C)CC(=O)NC(C)C)c1[N+](=O)[O-]. The van der Waals surface area contributed by atoms with Gasteiger partial charge in [-0.05, 0) is 20.8 Å². The highest BCUT2D eigenvalue weighted by Gasteiger charge is 2.25. The van der Waals surface area contributed by atoms with Gasteiger partial charge in [0.05, 0.1) is 11.5 Å². The second-order valence-corrected chi connectivity index (χ2v) is 4.78. The molecule has 1 rings (SSSR count). The van der Waals surface area contributed by atoms with E-state index in [-0.39, 0.29) is 41.6 Å². The van der Waals surface area contributed by atoms with Gasteiger partial charge in [-0.25, -0.2) is 10.8 Å². The van der Waals surface area contributed by atoms with Gasteiger partial charge in [0.1, 0.15) is 5.69 Å². The number of hydrazine groups is 1. The molecule has 0 saturated heterocycles. The molecule has 10 nitrogen and oxygen atoms in total. The van der Waals surface area contributed by atoms with Crippen molar-refractivity contribution < 1.29 is 9.72 Å². The summed E-state index contributed by atoms with van der Waals surface area (Å²) < 4.78 is 0. The molecule has 116 valence electrons. The van der Waals surface area contributed by atoms with Crippen LogP contribution >= 0.6 is 0 Å². The standard InChI is InChI=1S/C11H19N7O3/c1-6(2)13-8(19)5-17(4)10-9(18(20)21)7(3)14-11(15-10)16-12/h6H,5,12H2,1-4H3,(H,13,19)(H,14,15,16). The summed E-state index contributed by atoms with van der Waals surface area (Å²) in [6.07, 6.45) is 0. The number of anilines is 2. The molecule has 0 aromatic carbocycles. The number of aromatic nitrogens is 2. The van der Waals surface area contributed by atoms with Crippen LogP contribution in [0.5, 0.6) is 0 Å². The van der Waals surface area contributed by atoms with Crippen LogP contribution in [0.2, 0.25) is 0 Å². The third kappa shape index (κ3) is 4.24. The summed E-state index contributed by atoms with van der Waals surface area (Å²) in [6.45, 7) is 5.06. The van der Waals surface area contributed by atoms with Crippen LogP contribution in [0.4, 0.5) is 17.5 Å². The van der Waals surface area contributed by atoms with Gasteiger partial charge in [0.2, 0.25) is 17.7 Å². The Bertz CT molecular complexity index is 547. The predicted octanol–water partition coefficient (Wildman–Crippen LogP) is -0.0604. The van der Waals surface area contributed by atoms with Crippen LogP contribution in [0.1, 0.15) is 19.5 Å². The Morgan fingerprint density at radius 3 is 2.57 bits per heavy atom. The fourth-order valence-electron chi connectivity index (χ4n) is 1.75. The zero-order valence-corrected chi connectivity index (χ0v) is 12.4. The smallest absolute Gasteiger partial charge is 0.332 e. The highest BCUT2D eigenvalue weighted by Crippen LogP contribution is 2.28. The topological polar surface area (TPSA) is 139 Å². The summed E-state index contributed by atoms with van der Waals surface area (Å²) in [5, 5.41) is 13.9. The van der Waals surface area contributed by atoms with Crippen LogP contribution in [0, 0.1) is 17.0 Å². The molecule has 0 bridgehead atoms. The summed E-state index contributed by atoms with van der Waals surface area (Å²) in [6, 6.07) is -0.0192. The molecule has 0 atom stereocenters. The molecule has 1 aromatic heterocycles. The Hall–Kier alpha value is -2.49. The molecule has 1 heterocycles. The Balaban J connectivity index is 3.12. The number of nitrogens with one attached hydrogen (secondary N) is 2. The lowest BCUT2D eigenvalue weighted by Crippen LogP contribution is -2.39. The van der Waals surface area contributed by atoms with Crippen molar-refractivity contribution in [3.8, 4) is 0 Å². The van der Waals surface area contributed by atoms with Crippen LogP contribution in [0.3, 0.4) is 0 Å². The Kier molecular flexibility index (Phi) is 5.36. The number of nitrogens with two attached hydrogens (primary N) is 1. The van der Waals surface area contributed by atoms with Crippen molar-refractivity contribution >= 4 is 23.4 Å². The van der Waals surface area contributed by atoms with Crippen molar-refractivity contribution in [2.75, 3.05) is 23.9 Å². The van der Waals surface area contributed by atoms with E-state index in [1.54, 1.807) is 0 Å². The average Bonchev–Trinajstić information content (AvgIpc) is 2.35. The lowest BCUT2D eigenvalue weighted by molar-refractivity contribution is -0.385. The van der Waals surface area contributed by atoms with Crippen molar-refractivity contribution in [1.82, 2.24) is 15.3 Å². The summed E-state index contributed by atoms with van der Waals surface area (Å²) in [5.74, 6) is 5.05. The van der Waals surface area contributed by atoms with Crippen LogP contribution in [-0.2, 0) is 4.79 Å². The van der Waals surface area contributed by atoms with Crippen molar-refractivity contribution in [3.05, 3.63) is 15.8 Å². The van der Waals surface area contributed by atoms with Crippen LogP contribution in [0.25, 0.3) is 0 Å². The molecular formula is C11H19N7O3. The molecule has 0 aliphatic rings. The molecule has 4 N–H and O–H groups in total. The maximum absolute atomic E-state index is 11.8. The van der Waals surface area contributed by atoms with E-state index in [4.69, 9.17) is 5.84 Å². The third-order valence-corrected chi connectivity index (χ3v) is 2.54. The number of nitro groups is 1. The number of nitrogen functional groups attached to an aromatic ring is 1. The molecule has 0 spiro atoms. The van der Waals surface area contributed by atoms with Gasteiger partial charge in [-0.15, -0.1) is 0 Å². The van der Waals surface area contributed by atoms with Crippen LogP contribution in [0.15, 0.2) is 0 Å². The predicted molar refractivity (Wildman–Crippen MR) is 77.8 cm³/mol. The molecule has 0 radical (unpaired) electrons. The lowest BCUT2D eigenvalue weighted by Gasteiger charge is -2.19. The highest BCUT2D eigenvalue weighted by molar-refractivity contribution is 5.82. The zero-order chi connectivity index (χ0) is 16.2. The Labute approximate surface area is 121 Å². The van der Waals surface area contributed by atoms with Gasteiger partial charge >= 0.3 is 5.69 Å². The number of amides is 1. The first-order chi connectivity index (χ1) is 9.76. The number of hydrogen-bond acceptors (Lipinski definition) is 8. The first-order valence-corrected chi connectivity index (χ1v) is 6.26. The fraction of sp³-hybridized carbons (Fsp3) is 0.545. The van der Waals surface area contributed by atoms with Gasteiger partial charge < -0.3 is 10.2 Å². The molecule has 0 saturated carbocycles. The van der Waals surface area contributed by atoms with Gasteiger partial charge in [-0.1, -0.05) is 0 Å². The van der Waals surface area contributed by atoms with E-state index in [9.17, 15) is 14.9 Å². The van der Waals surface area contributed by atoms with Crippen molar-refractivity contribution in [2.24, 2.45) is 5.84 Å². The summed E-state index contributed by atoms with van der Waals surface area (Å²) >= 11 is 0. The monoisotopic (exact) mass is 297 g/mol. The maximum atomic E-state index is 11.8. The van der Waals surface area contributed by atoms with E-state index in [1.165, 1.54) is 18.9 Å². The molecule has 0 fully saturated rings. The average molecular weight is 297 g/mol. The molecular weight excluding hydrogens is 278 g/mol. The van der Waals surface area contributed by atoms with E-state index >= 15 is 0 Å². The summed E-state index contributed by atoms with van der Waals surface area (Å²) in [7, 11) is 1.54. The van der Waals surface area contributed by atoms with Crippen LogP contribution < -0.4 is 21.5 Å². The maximum Gasteiger partial charge on any atom is 0.332 e. The third-order valence-electron chi connectivity index (χ3n) is 2.54. The van der Waals surface area contributed by atoms with E-state index in [0.29, 0.717) is 0 Å². The quantitative estimate of drug-likeness (QED) is 0.377. The number of likely N-dealkylation sites (N-methyl/N-ethyl adjacent to an activating group) is 1. The second kappa shape index (κ2) is 6.79.